The molecule has 0 saturated heterocycles. The number of amides is 1. The molecule has 16 heavy (non-hydrogen) atoms. The molecule has 0 bridgehead atoms. The molecular weight excluding hydrogens is 202 g/mol. The average Bonchev–Trinajstić information content (AvgIpc) is 2.31. The number of pyridine rings is 1. The molecule has 1 rings (SSSR count). The summed E-state index contributed by atoms with van der Waals surface area (Å²) in [5.74, 6) is 0.0531. The highest BCUT2D eigenvalue weighted by molar-refractivity contribution is 5.77. The Hall–Kier alpha value is -1.42. The maximum atomic E-state index is 11.3. The van der Waals surface area contributed by atoms with Crippen molar-refractivity contribution in [3.05, 3.63) is 30.1 Å². The maximum absolute atomic E-state index is 11.3. The molecule has 0 aromatic carbocycles. The highest BCUT2D eigenvalue weighted by atomic mass is 16.1. The van der Waals surface area contributed by atoms with Gasteiger partial charge in [-0.3, -0.25) is 9.78 Å². The third-order valence-electron chi connectivity index (χ3n) is 2.19. The van der Waals surface area contributed by atoms with Gasteiger partial charge in [0.1, 0.15) is 0 Å². The van der Waals surface area contributed by atoms with Crippen LogP contribution in [-0.4, -0.2) is 24.0 Å². The SMILES string of the molecule is CCCCNC(=O)CNCc1cccnc1. The Morgan fingerprint density at radius 3 is 3.06 bits per heavy atom. The monoisotopic (exact) mass is 221 g/mol. The first-order valence-electron chi connectivity index (χ1n) is 5.69. The van der Waals surface area contributed by atoms with Crippen LogP contribution in [0, 0.1) is 0 Å². The van der Waals surface area contributed by atoms with Crippen molar-refractivity contribution in [3.63, 3.8) is 0 Å². The fourth-order valence-electron chi connectivity index (χ4n) is 1.29. The van der Waals surface area contributed by atoms with E-state index in [1.54, 1.807) is 12.4 Å². The van der Waals surface area contributed by atoms with Gasteiger partial charge in [-0.2, -0.15) is 0 Å². The Morgan fingerprint density at radius 2 is 2.38 bits per heavy atom. The second kappa shape index (κ2) is 7.82. The van der Waals surface area contributed by atoms with E-state index < -0.39 is 0 Å². The smallest absolute Gasteiger partial charge is 0.233 e. The van der Waals surface area contributed by atoms with E-state index in [0.29, 0.717) is 13.1 Å². The quantitative estimate of drug-likeness (QED) is 0.678. The molecule has 0 saturated carbocycles. The van der Waals surface area contributed by atoms with E-state index in [1.165, 1.54) is 0 Å². The van der Waals surface area contributed by atoms with Crippen molar-refractivity contribution in [2.45, 2.75) is 26.3 Å². The topological polar surface area (TPSA) is 54.0 Å². The van der Waals surface area contributed by atoms with Crippen LogP contribution < -0.4 is 10.6 Å². The summed E-state index contributed by atoms with van der Waals surface area (Å²) < 4.78 is 0. The average molecular weight is 221 g/mol. The van der Waals surface area contributed by atoms with Gasteiger partial charge >= 0.3 is 0 Å². The van der Waals surface area contributed by atoms with Crippen LogP contribution in [-0.2, 0) is 11.3 Å². The minimum atomic E-state index is 0.0531. The summed E-state index contributed by atoms with van der Waals surface area (Å²) >= 11 is 0. The van der Waals surface area contributed by atoms with Crippen LogP contribution in [0.4, 0.5) is 0 Å². The summed E-state index contributed by atoms with van der Waals surface area (Å²) in [6.45, 7) is 3.91. The van der Waals surface area contributed by atoms with Crippen molar-refractivity contribution in [3.8, 4) is 0 Å². The van der Waals surface area contributed by atoms with E-state index in [2.05, 4.69) is 22.5 Å². The van der Waals surface area contributed by atoms with Gasteiger partial charge < -0.3 is 10.6 Å². The highest BCUT2D eigenvalue weighted by Crippen LogP contribution is 1.93. The van der Waals surface area contributed by atoms with Crippen molar-refractivity contribution in [2.75, 3.05) is 13.1 Å². The number of carbonyl (C=O) groups excluding carboxylic acids is 1. The molecule has 4 heteroatoms. The van der Waals surface area contributed by atoms with Gasteiger partial charge in [0.2, 0.25) is 5.91 Å². The lowest BCUT2D eigenvalue weighted by Gasteiger charge is -2.05. The third-order valence-corrected chi connectivity index (χ3v) is 2.19. The van der Waals surface area contributed by atoms with Crippen molar-refractivity contribution in [2.24, 2.45) is 0 Å². The van der Waals surface area contributed by atoms with Crippen LogP contribution in [0.15, 0.2) is 24.5 Å². The number of carbonyl (C=O) groups is 1. The second-order valence-electron chi connectivity index (χ2n) is 3.67. The molecule has 4 nitrogen and oxygen atoms in total. The van der Waals surface area contributed by atoms with E-state index in [0.717, 1.165) is 24.9 Å². The summed E-state index contributed by atoms with van der Waals surface area (Å²) in [5, 5.41) is 5.93. The Morgan fingerprint density at radius 1 is 1.50 bits per heavy atom. The zero-order valence-electron chi connectivity index (χ0n) is 9.70. The molecule has 1 heterocycles. The molecule has 0 atom stereocenters. The first kappa shape index (κ1) is 12.6. The number of hydrogen-bond acceptors (Lipinski definition) is 3. The fraction of sp³-hybridized carbons (Fsp3) is 0.500. The van der Waals surface area contributed by atoms with Gasteiger partial charge in [-0.25, -0.2) is 0 Å². The molecule has 88 valence electrons. The minimum absolute atomic E-state index is 0.0531. The Balaban J connectivity index is 2.09. The Bertz CT molecular complexity index is 300. The van der Waals surface area contributed by atoms with Gasteiger partial charge in [0.15, 0.2) is 0 Å². The molecule has 1 amide bonds. The fourth-order valence-corrected chi connectivity index (χ4v) is 1.29. The number of hydrogen-bond donors (Lipinski definition) is 2. The molecule has 0 fully saturated rings. The molecule has 1 aromatic rings. The highest BCUT2D eigenvalue weighted by Gasteiger charge is 1.99. The van der Waals surface area contributed by atoms with Gasteiger partial charge in [0.05, 0.1) is 6.54 Å². The number of rotatable bonds is 7. The van der Waals surface area contributed by atoms with Crippen LogP contribution in [0.1, 0.15) is 25.3 Å². The predicted molar refractivity (Wildman–Crippen MR) is 63.9 cm³/mol. The number of nitrogens with one attached hydrogen (secondary N) is 2. The summed E-state index contributed by atoms with van der Waals surface area (Å²) in [5.41, 5.74) is 1.09. The molecule has 1 aromatic heterocycles. The van der Waals surface area contributed by atoms with Crippen molar-refractivity contribution in [1.29, 1.82) is 0 Å². The van der Waals surface area contributed by atoms with Gasteiger partial charge in [-0.05, 0) is 18.1 Å². The summed E-state index contributed by atoms with van der Waals surface area (Å²) in [6, 6.07) is 3.87. The first-order valence-corrected chi connectivity index (χ1v) is 5.69. The van der Waals surface area contributed by atoms with Gasteiger partial charge in [-0.1, -0.05) is 19.4 Å². The van der Waals surface area contributed by atoms with Crippen molar-refractivity contribution < 1.29 is 4.79 Å². The number of nitrogens with zero attached hydrogens (tertiary/aromatic N) is 1. The third kappa shape index (κ3) is 5.46. The largest absolute Gasteiger partial charge is 0.355 e. The van der Waals surface area contributed by atoms with Gasteiger partial charge in [0, 0.05) is 25.5 Å². The summed E-state index contributed by atoms with van der Waals surface area (Å²) in [6.07, 6.45) is 5.67. The van der Waals surface area contributed by atoms with Crippen molar-refractivity contribution >= 4 is 5.91 Å². The molecule has 0 spiro atoms. The lowest BCUT2D eigenvalue weighted by atomic mass is 10.3. The van der Waals surface area contributed by atoms with E-state index in [9.17, 15) is 4.79 Å². The van der Waals surface area contributed by atoms with E-state index in [1.807, 2.05) is 12.1 Å². The summed E-state index contributed by atoms with van der Waals surface area (Å²) in [4.78, 5) is 15.3. The van der Waals surface area contributed by atoms with Gasteiger partial charge in [0.25, 0.3) is 0 Å². The molecule has 0 radical (unpaired) electrons. The van der Waals surface area contributed by atoms with E-state index in [-0.39, 0.29) is 5.91 Å². The van der Waals surface area contributed by atoms with Crippen LogP contribution in [0.25, 0.3) is 0 Å². The Labute approximate surface area is 96.5 Å². The van der Waals surface area contributed by atoms with E-state index >= 15 is 0 Å². The van der Waals surface area contributed by atoms with Crippen LogP contribution in [0.3, 0.4) is 0 Å². The number of aromatic nitrogens is 1. The molecule has 0 aliphatic rings. The van der Waals surface area contributed by atoms with Crippen LogP contribution >= 0.6 is 0 Å². The lowest BCUT2D eigenvalue weighted by molar-refractivity contribution is -0.120. The maximum Gasteiger partial charge on any atom is 0.233 e. The number of unbranched alkanes of at least 4 members (excludes halogenated alkanes) is 1. The zero-order valence-corrected chi connectivity index (χ0v) is 9.70. The molecule has 0 aliphatic carbocycles. The molecular formula is C12H19N3O. The standard InChI is InChI=1S/C12H19N3O/c1-2-3-7-15-12(16)10-14-9-11-5-4-6-13-8-11/h4-6,8,14H,2-3,7,9-10H2,1H3,(H,15,16). The van der Waals surface area contributed by atoms with Crippen LogP contribution in [0.2, 0.25) is 0 Å². The van der Waals surface area contributed by atoms with Crippen LogP contribution in [0.5, 0.6) is 0 Å². The molecule has 0 unspecified atom stereocenters. The summed E-state index contributed by atoms with van der Waals surface area (Å²) in [7, 11) is 0. The van der Waals surface area contributed by atoms with E-state index in [4.69, 9.17) is 0 Å². The van der Waals surface area contributed by atoms with Gasteiger partial charge in [-0.15, -0.1) is 0 Å². The minimum Gasteiger partial charge on any atom is -0.355 e. The molecule has 2 N–H and O–H groups in total. The normalized spacial score (nSPS) is 10.1. The molecule has 0 aliphatic heterocycles. The first-order chi connectivity index (χ1) is 7.83. The zero-order chi connectivity index (χ0) is 11.6. The Kier molecular flexibility index (Phi) is 6.18. The predicted octanol–water partition coefficient (Wildman–Crippen LogP) is 1.09. The second-order valence-corrected chi connectivity index (χ2v) is 3.67. The lowest BCUT2D eigenvalue weighted by Crippen LogP contribution is -2.34. The van der Waals surface area contributed by atoms with Crippen molar-refractivity contribution in [1.82, 2.24) is 15.6 Å².